The minimum Gasteiger partial charge on any atom is -0.346 e. The Labute approximate surface area is 121 Å². The fourth-order valence-corrected chi connectivity index (χ4v) is 4.79. The van der Waals surface area contributed by atoms with Gasteiger partial charge in [-0.3, -0.25) is 0 Å². The van der Waals surface area contributed by atoms with E-state index in [-0.39, 0.29) is 11.1 Å². The molecule has 7 nitrogen and oxygen atoms in total. The maximum Gasteiger partial charge on any atom is 0.201 e. The number of hydrogen-bond acceptors (Lipinski definition) is 4. The van der Waals surface area contributed by atoms with Gasteiger partial charge in [0.25, 0.3) is 0 Å². The number of aromatic amines is 1. The van der Waals surface area contributed by atoms with Crippen molar-refractivity contribution in [2.24, 2.45) is 0 Å². The number of fused-ring (bicyclic) bond motifs is 3. The maximum absolute atomic E-state index is 10.9. The van der Waals surface area contributed by atoms with Gasteiger partial charge in [-0.15, -0.1) is 0 Å². The Morgan fingerprint density at radius 1 is 1.29 bits per heavy atom. The number of hydrogen-bond donors (Lipinski definition) is 3. The van der Waals surface area contributed by atoms with E-state index in [4.69, 9.17) is 0 Å². The third-order valence-corrected chi connectivity index (χ3v) is 5.59. The lowest BCUT2D eigenvalue weighted by Crippen LogP contribution is -2.77. The highest BCUT2D eigenvalue weighted by Gasteiger charge is 2.69. The molecule has 0 unspecified atom stereocenters. The molecular weight excluding hydrogens is 290 g/mol. The summed E-state index contributed by atoms with van der Waals surface area (Å²) < 4.78 is 26.6. The summed E-state index contributed by atoms with van der Waals surface area (Å²) in [6, 6.07) is 2.01. The van der Waals surface area contributed by atoms with Crippen LogP contribution < -0.4 is 4.72 Å². The zero-order valence-electron chi connectivity index (χ0n) is 11.0. The van der Waals surface area contributed by atoms with E-state index in [1.54, 1.807) is 6.20 Å². The summed E-state index contributed by atoms with van der Waals surface area (Å²) in [5.74, 6) is 0. The Morgan fingerprint density at radius 2 is 2.10 bits per heavy atom. The van der Waals surface area contributed by atoms with Gasteiger partial charge in [0.05, 0.1) is 23.6 Å². The van der Waals surface area contributed by atoms with Gasteiger partial charge in [-0.25, -0.2) is 23.1 Å². The van der Waals surface area contributed by atoms with Crippen molar-refractivity contribution in [2.75, 3.05) is 0 Å². The van der Waals surface area contributed by atoms with Crippen LogP contribution in [-0.4, -0.2) is 33.5 Å². The van der Waals surface area contributed by atoms with E-state index < -0.39 is 10.9 Å². The van der Waals surface area contributed by atoms with Crippen LogP contribution in [0.5, 0.6) is 0 Å². The number of pyridine rings is 1. The Balaban J connectivity index is 1.63. The van der Waals surface area contributed by atoms with Gasteiger partial charge in [-0.1, -0.05) is 0 Å². The van der Waals surface area contributed by atoms with Crippen molar-refractivity contribution in [1.29, 1.82) is 0 Å². The standard InChI is InChI=1S/C13H13N5O2S/c19-21(20)17-12-4-13(5-12,6-12)18-7-16-9-3-15-11-8(10(9)18)1-2-14-11/h1-3,7,21H,4-6H2,(H,14,15)(H,17,19,20). The molecular formula is C13H13N5O2S. The maximum atomic E-state index is 10.9. The number of aromatic nitrogens is 4. The van der Waals surface area contributed by atoms with Crippen molar-refractivity contribution in [3.63, 3.8) is 0 Å². The van der Waals surface area contributed by atoms with Crippen LogP contribution in [-0.2, 0) is 16.4 Å². The van der Waals surface area contributed by atoms with Gasteiger partial charge in [-0.2, -0.15) is 0 Å². The molecule has 2 N–H and O–H groups in total. The summed E-state index contributed by atoms with van der Waals surface area (Å²) in [5, 5.41) is 1.06. The lowest BCUT2D eigenvalue weighted by Gasteiger charge is -2.70. The molecule has 0 radical (unpaired) electrons. The van der Waals surface area contributed by atoms with Gasteiger partial charge in [-0.05, 0) is 25.3 Å². The number of nitrogens with zero attached hydrogens (tertiary/aromatic N) is 3. The molecule has 6 rings (SSSR count). The smallest absolute Gasteiger partial charge is 0.201 e. The van der Waals surface area contributed by atoms with E-state index in [1.165, 1.54) is 0 Å². The summed E-state index contributed by atoms with van der Waals surface area (Å²) in [5.41, 5.74) is 2.62. The van der Waals surface area contributed by atoms with Crippen LogP contribution in [0.15, 0.2) is 24.8 Å². The van der Waals surface area contributed by atoms with Crippen molar-refractivity contribution >= 4 is 33.0 Å². The molecule has 3 fully saturated rings. The van der Waals surface area contributed by atoms with Crippen molar-refractivity contribution < 1.29 is 8.42 Å². The van der Waals surface area contributed by atoms with Gasteiger partial charge in [0.15, 0.2) is 0 Å². The number of imidazole rings is 1. The predicted molar refractivity (Wildman–Crippen MR) is 77.4 cm³/mol. The van der Waals surface area contributed by atoms with Crippen LogP contribution in [0.2, 0.25) is 0 Å². The molecule has 3 aliphatic rings. The molecule has 3 heterocycles. The van der Waals surface area contributed by atoms with Crippen LogP contribution in [0.3, 0.4) is 0 Å². The quantitative estimate of drug-likeness (QED) is 0.620. The average Bonchev–Trinajstić information content (AvgIpc) is 2.96. The third-order valence-electron chi connectivity index (χ3n) is 4.93. The molecule has 0 amide bonds. The highest BCUT2D eigenvalue weighted by atomic mass is 32.2. The van der Waals surface area contributed by atoms with Crippen LogP contribution in [0, 0.1) is 0 Å². The molecule has 0 aromatic carbocycles. The van der Waals surface area contributed by atoms with E-state index in [0.29, 0.717) is 0 Å². The minimum atomic E-state index is -2.53. The van der Waals surface area contributed by atoms with Crippen molar-refractivity contribution in [1.82, 2.24) is 24.2 Å². The van der Waals surface area contributed by atoms with E-state index in [2.05, 4.69) is 24.2 Å². The van der Waals surface area contributed by atoms with Crippen LogP contribution in [0.4, 0.5) is 0 Å². The largest absolute Gasteiger partial charge is 0.346 e. The molecule has 0 atom stereocenters. The summed E-state index contributed by atoms with van der Waals surface area (Å²) in [7, 11) is -2.53. The van der Waals surface area contributed by atoms with Crippen molar-refractivity contribution in [3.8, 4) is 0 Å². The fraction of sp³-hybridized carbons (Fsp3) is 0.385. The summed E-state index contributed by atoms with van der Waals surface area (Å²) in [6.07, 6.45) is 8.02. The monoisotopic (exact) mass is 303 g/mol. The molecule has 0 saturated heterocycles. The van der Waals surface area contributed by atoms with Crippen LogP contribution in [0.25, 0.3) is 22.1 Å². The first-order valence-electron chi connectivity index (χ1n) is 6.83. The van der Waals surface area contributed by atoms with Crippen molar-refractivity contribution in [3.05, 3.63) is 24.8 Å². The molecule has 3 aliphatic carbocycles. The molecule has 3 aromatic rings. The van der Waals surface area contributed by atoms with Gasteiger partial charge in [0, 0.05) is 17.1 Å². The third kappa shape index (κ3) is 1.34. The molecule has 3 saturated carbocycles. The van der Waals surface area contributed by atoms with Gasteiger partial charge >= 0.3 is 0 Å². The highest BCUT2D eigenvalue weighted by molar-refractivity contribution is 7.70. The molecule has 3 aromatic heterocycles. The SMILES string of the molecule is O=[SH](=O)NC12CC(n3cnc4cnc5[nH]ccc5c43)(C1)C2. The van der Waals surface area contributed by atoms with Crippen LogP contribution >= 0.6 is 0 Å². The molecule has 2 bridgehead atoms. The molecule has 21 heavy (non-hydrogen) atoms. The lowest BCUT2D eigenvalue weighted by atomic mass is 9.44. The minimum absolute atomic E-state index is 0.0125. The number of nitrogens with one attached hydrogen (secondary N) is 2. The molecule has 108 valence electrons. The number of rotatable bonds is 3. The zero-order chi connectivity index (χ0) is 14.2. The van der Waals surface area contributed by atoms with Gasteiger partial charge < -0.3 is 9.55 Å². The first-order valence-corrected chi connectivity index (χ1v) is 8.01. The first kappa shape index (κ1) is 11.7. The van der Waals surface area contributed by atoms with Crippen LogP contribution in [0.1, 0.15) is 19.3 Å². The number of thiol groups is 1. The lowest BCUT2D eigenvalue weighted by molar-refractivity contribution is -0.122. The van der Waals surface area contributed by atoms with E-state index in [9.17, 15) is 8.42 Å². The van der Waals surface area contributed by atoms with E-state index in [0.717, 1.165) is 41.3 Å². The van der Waals surface area contributed by atoms with Gasteiger partial charge in [0.2, 0.25) is 10.9 Å². The zero-order valence-corrected chi connectivity index (χ0v) is 11.9. The Bertz CT molecular complexity index is 942. The Hall–Kier alpha value is -1.93. The first-order chi connectivity index (χ1) is 10.1. The van der Waals surface area contributed by atoms with E-state index in [1.807, 2.05) is 18.6 Å². The second kappa shape index (κ2) is 3.45. The summed E-state index contributed by atoms with van der Waals surface area (Å²) in [4.78, 5) is 11.9. The second-order valence-corrected chi connectivity index (χ2v) is 6.99. The fourth-order valence-electron chi connectivity index (χ4n) is 4.17. The second-order valence-electron chi connectivity index (χ2n) is 6.25. The molecule has 0 spiro atoms. The van der Waals surface area contributed by atoms with E-state index >= 15 is 0 Å². The summed E-state index contributed by atoms with van der Waals surface area (Å²) >= 11 is 0. The number of H-pyrrole nitrogens is 1. The highest BCUT2D eigenvalue weighted by Crippen LogP contribution is 2.65. The van der Waals surface area contributed by atoms with Gasteiger partial charge in [0.1, 0.15) is 11.2 Å². The Morgan fingerprint density at radius 3 is 2.86 bits per heavy atom. The molecule has 8 heteroatoms. The normalized spacial score (nSPS) is 30.7. The van der Waals surface area contributed by atoms with Crippen molar-refractivity contribution in [2.45, 2.75) is 30.3 Å². The summed E-state index contributed by atoms with van der Waals surface area (Å²) in [6.45, 7) is 0. The Kier molecular flexibility index (Phi) is 1.92. The topological polar surface area (TPSA) is 92.7 Å². The predicted octanol–water partition coefficient (Wildman–Crippen LogP) is 0.660. The molecule has 0 aliphatic heterocycles. The average molecular weight is 303 g/mol.